The fraction of sp³-hybridized carbons (Fsp3) is 0.611. The van der Waals surface area contributed by atoms with E-state index >= 15 is 0 Å². The van der Waals surface area contributed by atoms with Gasteiger partial charge in [0.05, 0.1) is 11.5 Å². The van der Waals surface area contributed by atoms with E-state index in [-0.39, 0.29) is 11.6 Å². The lowest BCUT2D eigenvalue weighted by molar-refractivity contribution is -0.384. The predicted molar refractivity (Wildman–Crippen MR) is 102 cm³/mol. The Morgan fingerprint density at radius 1 is 1.23 bits per heavy atom. The van der Waals surface area contributed by atoms with Crippen molar-refractivity contribution >= 4 is 28.9 Å². The largest absolute Gasteiger partial charge is 0.362 e. The Kier molecular flexibility index (Phi) is 5.98. The summed E-state index contributed by atoms with van der Waals surface area (Å²) in [7, 11) is 0. The monoisotopic (exact) mass is 380 g/mol. The zero-order chi connectivity index (χ0) is 18.7. The highest BCUT2D eigenvalue weighted by Crippen LogP contribution is 2.31. The van der Waals surface area contributed by atoms with E-state index in [1.165, 1.54) is 12.5 Å². The van der Waals surface area contributed by atoms with E-state index in [0.29, 0.717) is 49.5 Å². The number of nitro groups is 1. The van der Waals surface area contributed by atoms with E-state index in [9.17, 15) is 14.9 Å². The van der Waals surface area contributed by atoms with Crippen LogP contribution in [0.25, 0.3) is 0 Å². The van der Waals surface area contributed by atoms with Crippen molar-refractivity contribution in [2.45, 2.75) is 32.2 Å². The maximum Gasteiger partial charge on any atom is 0.294 e. The molecule has 1 aromatic carbocycles. The lowest BCUT2D eigenvalue weighted by Crippen LogP contribution is -2.52. The molecule has 2 heterocycles. The van der Waals surface area contributed by atoms with Gasteiger partial charge in [0.1, 0.15) is 5.69 Å². The zero-order valence-corrected chi connectivity index (χ0v) is 15.8. The van der Waals surface area contributed by atoms with Gasteiger partial charge in [-0.1, -0.05) is 18.0 Å². The normalized spacial score (nSPS) is 21.7. The van der Waals surface area contributed by atoms with Gasteiger partial charge < -0.3 is 9.80 Å². The molecule has 26 heavy (non-hydrogen) atoms. The van der Waals surface area contributed by atoms with Crippen LogP contribution in [0.1, 0.15) is 26.2 Å². The Morgan fingerprint density at radius 2 is 1.96 bits per heavy atom. The standard InChI is InChI=1S/C18H25ClN4O3/c1-14-4-2-3-7-22(14)13-18(24)21-10-8-20(9-11-21)16-6-5-15(19)12-17(16)23(25)26/h5-6,12,14H,2-4,7-11,13H2,1H3/t14-/m0/s1. The Hall–Kier alpha value is -1.86. The van der Waals surface area contributed by atoms with Crippen LogP contribution in [0, 0.1) is 10.1 Å². The van der Waals surface area contributed by atoms with E-state index in [4.69, 9.17) is 11.6 Å². The van der Waals surface area contributed by atoms with Crippen LogP contribution in [-0.2, 0) is 4.79 Å². The van der Waals surface area contributed by atoms with Crippen LogP contribution >= 0.6 is 11.6 Å². The molecule has 142 valence electrons. The van der Waals surface area contributed by atoms with E-state index in [0.717, 1.165) is 19.4 Å². The summed E-state index contributed by atoms with van der Waals surface area (Å²) in [5.74, 6) is 0.156. The number of hydrogen-bond acceptors (Lipinski definition) is 5. The number of carbonyl (C=O) groups is 1. The molecule has 0 aliphatic carbocycles. The third kappa shape index (κ3) is 4.27. The van der Waals surface area contributed by atoms with Gasteiger partial charge in [-0.15, -0.1) is 0 Å². The molecule has 0 unspecified atom stereocenters. The Labute approximate surface area is 158 Å². The number of carbonyl (C=O) groups excluding carboxylic acids is 1. The maximum absolute atomic E-state index is 12.6. The molecule has 0 radical (unpaired) electrons. The van der Waals surface area contributed by atoms with Crippen LogP contribution in [-0.4, -0.2) is 65.9 Å². The van der Waals surface area contributed by atoms with Crippen LogP contribution in [0.4, 0.5) is 11.4 Å². The molecule has 1 atom stereocenters. The van der Waals surface area contributed by atoms with Gasteiger partial charge in [-0.05, 0) is 38.4 Å². The number of hydrogen-bond donors (Lipinski definition) is 0. The van der Waals surface area contributed by atoms with Crippen molar-refractivity contribution in [3.05, 3.63) is 33.3 Å². The first-order valence-electron chi connectivity index (χ1n) is 9.16. The molecule has 1 aromatic rings. The molecule has 8 heteroatoms. The molecular formula is C18H25ClN4O3. The van der Waals surface area contributed by atoms with Crippen LogP contribution in [0.3, 0.4) is 0 Å². The predicted octanol–water partition coefficient (Wildman–Crippen LogP) is 2.77. The minimum atomic E-state index is -0.406. The molecule has 3 rings (SSSR count). The van der Waals surface area contributed by atoms with Gasteiger partial charge in [0, 0.05) is 43.3 Å². The fourth-order valence-corrected chi connectivity index (χ4v) is 3.94. The quantitative estimate of drug-likeness (QED) is 0.593. The molecule has 2 aliphatic rings. The number of anilines is 1. The van der Waals surface area contributed by atoms with Gasteiger partial charge in [0.2, 0.25) is 5.91 Å². The summed E-state index contributed by atoms with van der Waals surface area (Å²) < 4.78 is 0. The summed E-state index contributed by atoms with van der Waals surface area (Å²) >= 11 is 5.89. The molecule has 0 saturated carbocycles. The van der Waals surface area contributed by atoms with Crippen LogP contribution in [0.5, 0.6) is 0 Å². The van der Waals surface area contributed by atoms with Gasteiger partial charge in [-0.25, -0.2) is 0 Å². The van der Waals surface area contributed by atoms with Crippen LogP contribution < -0.4 is 4.90 Å². The Balaban J connectivity index is 1.59. The molecule has 2 aliphatic heterocycles. The van der Waals surface area contributed by atoms with Gasteiger partial charge in [-0.3, -0.25) is 19.8 Å². The van der Waals surface area contributed by atoms with Gasteiger partial charge in [0.25, 0.3) is 5.69 Å². The van der Waals surface area contributed by atoms with Gasteiger partial charge >= 0.3 is 0 Å². The smallest absolute Gasteiger partial charge is 0.294 e. The van der Waals surface area contributed by atoms with Crippen molar-refractivity contribution in [1.82, 2.24) is 9.80 Å². The topological polar surface area (TPSA) is 69.9 Å². The highest BCUT2D eigenvalue weighted by atomic mass is 35.5. The third-order valence-electron chi connectivity index (χ3n) is 5.39. The van der Waals surface area contributed by atoms with E-state index < -0.39 is 4.92 Å². The van der Waals surface area contributed by atoms with E-state index in [1.807, 2.05) is 9.80 Å². The highest BCUT2D eigenvalue weighted by Gasteiger charge is 2.28. The number of nitro benzene ring substituents is 1. The number of amides is 1. The summed E-state index contributed by atoms with van der Waals surface area (Å²) in [5.41, 5.74) is 0.579. The van der Waals surface area contributed by atoms with Crippen molar-refractivity contribution in [2.24, 2.45) is 0 Å². The van der Waals surface area contributed by atoms with Gasteiger partial charge in [-0.2, -0.15) is 0 Å². The average molecular weight is 381 g/mol. The van der Waals surface area contributed by atoms with Crippen LogP contribution in [0.2, 0.25) is 5.02 Å². The number of halogens is 1. The average Bonchev–Trinajstić information content (AvgIpc) is 2.63. The second kappa shape index (κ2) is 8.22. The number of rotatable bonds is 4. The lowest BCUT2D eigenvalue weighted by atomic mass is 10.0. The molecule has 0 N–H and O–H groups in total. The van der Waals surface area contributed by atoms with E-state index in [1.54, 1.807) is 12.1 Å². The zero-order valence-electron chi connectivity index (χ0n) is 15.1. The summed E-state index contributed by atoms with van der Waals surface area (Å²) in [6.07, 6.45) is 3.55. The van der Waals surface area contributed by atoms with Crippen molar-refractivity contribution < 1.29 is 9.72 Å². The number of likely N-dealkylation sites (tertiary alicyclic amines) is 1. The molecule has 0 spiro atoms. The van der Waals surface area contributed by atoms with Crippen molar-refractivity contribution in [3.63, 3.8) is 0 Å². The first-order valence-corrected chi connectivity index (χ1v) is 9.54. The molecule has 2 saturated heterocycles. The number of piperidine rings is 1. The second-order valence-electron chi connectivity index (χ2n) is 7.07. The minimum Gasteiger partial charge on any atom is -0.362 e. The minimum absolute atomic E-state index is 0.0134. The van der Waals surface area contributed by atoms with Crippen molar-refractivity contribution in [3.8, 4) is 0 Å². The van der Waals surface area contributed by atoms with Gasteiger partial charge in [0.15, 0.2) is 0 Å². The summed E-state index contributed by atoms with van der Waals surface area (Å²) in [4.78, 5) is 29.6. The second-order valence-corrected chi connectivity index (χ2v) is 7.51. The molecular weight excluding hydrogens is 356 g/mol. The number of benzene rings is 1. The molecule has 0 aromatic heterocycles. The maximum atomic E-state index is 12.6. The molecule has 2 fully saturated rings. The SMILES string of the molecule is C[C@H]1CCCCN1CC(=O)N1CCN(c2ccc(Cl)cc2[N+](=O)[O-])CC1. The molecule has 1 amide bonds. The lowest BCUT2D eigenvalue weighted by Gasteiger charge is -2.38. The highest BCUT2D eigenvalue weighted by molar-refractivity contribution is 6.30. The summed E-state index contributed by atoms with van der Waals surface area (Å²) in [5, 5.41) is 11.6. The summed E-state index contributed by atoms with van der Waals surface area (Å²) in [6.45, 7) is 5.99. The molecule has 0 bridgehead atoms. The third-order valence-corrected chi connectivity index (χ3v) is 5.62. The summed E-state index contributed by atoms with van der Waals surface area (Å²) in [6, 6.07) is 5.20. The van der Waals surface area contributed by atoms with Crippen molar-refractivity contribution in [2.75, 3.05) is 44.2 Å². The van der Waals surface area contributed by atoms with Crippen LogP contribution in [0.15, 0.2) is 18.2 Å². The van der Waals surface area contributed by atoms with E-state index in [2.05, 4.69) is 11.8 Å². The fourth-order valence-electron chi connectivity index (χ4n) is 3.77. The number of piperazine rings is 1. The Morgan fingerprint density at radius 3 is 2.62 bits per heavy atom. The Bertz CT molecular complexity index is 676. The number of nitrogens with zero attached hydrogens (tertiary/aromatic N) is 4. The first-order chi connectivity index (χ1) is 12.5. The molecule has 7 nitrogen and oxygen atoms in total. The first kappa shape index (κ1) is 18.9. The van der Waals surface area contributed by atoms with Crippen molar-refractivity contribution in [1.29, 1.82) is 0 Å².